The Labute approximate surface area is 192 Å². The highest BCUT2D eigenvalue weighted by atomic mass is 32.1. The van der Waals surface area contributed by atoms with Crippen molar-refractivity contribution in [2.75, 3.05) is 19.5 Å². The van der Waals surface area contributed by atoms with Gasteiger partial charge < -0.3 is 30.7 Å². The fourth-order valence-corrected chi connectivity index (χ4v) is 3.80. The summed E-state index contributed by atoms with van der Waals surface area (Å²) in [5.41, 5.74) is 8.62. The first-order chi connectivity index (χ1) is 15.9. The molecule has 2 heterocycles. The van der Waals surface area contributed by atoms with Gasteiger partial charge in [0, 0.05) is 33.8 Å². The van der Waals surface area contributed by atoms with Gasteiger partial charge in [-0.15, -0.1) is 11.3 Å². The van der Waals surface area contributed by atoms with E-state index in [1.165, 1.54) is 37.7 Å². The summed E-state index contributed by atoms with van der Waals surface area (Å²) in [7, 11) is 2.89. The smallest absolute Gasteiger partial charge is 0.320 e. The summed E-state index contributed by atoms with van der Waals surface area (Å²) < 4.78 is 10.3. The van der Waals surface area contributed by atoms with E-state index in [-0.39, 0.29) is 29.0 Å². The molecule has 33 heavy (non-hydrogen) atoms. The number of nitrogens with one attached hydrogen (secondary N) is 1. The van der Waals surface area contributed by atoms with Crippen LogP contribution in [0.15, 0.2) is 47.8 Å². The number of nitrogens with zero attached hydrogens (tertiary/aromatic N) is 3. The molecule has 1 amide bonds. The first-order valence-electron chi connectivity index (χ1n) is 9.54. The second-order valence-corrected chi connectivity index (χ2v) is 7.63. The van der Waals surface area contributed by atoms with E-state index in [2.05, 4.69) is 20.3 Å². The van der Waals surface area contributed by atoms with E-state index >= 15 is 0 Å². The number of ether oxygens (including phenoxy) is 2. The maximum absolute atomic E-state index is 12.0. The van der Waals surface area contributed by atoms with Crippen LogP contribution >= 0.6 is 11.3 Å². The van der Waals surface area contributed by atoms with Gasteiger partial charge >= 0.3 is 6.01 Å². The SMILES string of the molecule is COc1cc(-c2cc(Nc3nc(-c4ccc(O)c(O)c4)cs3)ccc2C(N)=O)nc(OC)n1. The summed E-state index contributed by atoms with van der Waals surface area (Å²) in [5, 5.41) is 24.8. The lowest BCUT2D eigenvalue weighted by Gasteiger charge is -2.11. The van der Waals surface area contributed by atoms with Gasteiger partial charge in [-0.1, -0.05) is 0 Å². The molecule has 4 rings (SSSR count). The van der Waals surface area contributed by atoms with Gasteiger partial charge in [0.05, 0.1) is 25.6 Å². The Hall–Kier alpha value is -4.38. The Bertz CT molecular complexity index is 1320. The Balaban J connectivity index is 1.69. The number of rotatable bonds is 7. The summed E-state index contributed by atoms with van der Waals surface area (Å²) in [6.45, 7) is 0. The molecule has 0 radical (unpaired) electrons. The molecule has 2 aromatic carbocycles. The van der Waals surface area contributed by atoms with Crippen LogP contribution in [0.2, 0.25) is 0 Å². The van der Waals surface area contributed by atoms with Crippen LogP contribution in [0, 0.1) is 0 Å². The lowest BCUT2D eigenvalue weighted by Crippen LogP contribution is -2.13. The van der Waals surface area contributed by atoms with Gasteiger partial charge in [-0.05, 0) is 36.4 Å². The lowest BCUT2D eigenvalue weighted by atomic mass is 10.0. The van der Waals surface area contributed by atoms with Gasteiger partial charge in [0.25, 0.3) is 0 Å². The molecular weight excluding hydrogens is 446 g/mol. The van der Waals surface area contributed by atoms with Crippen molar-refractivity contribution in [1.29, 1.82) is 0 Å². The third-order valence-electron chi connectivity index (χ3n) is 4.66. The zero-order valence-corrected chi connectivity index (χ0v) is 18.4. The highest BCUT2D eigenvalue weighted by Gasteiger charge is 2.16. The monoisotopic (exact) mass is 465 g/mol. The van der Waals surface area contributed by atoms with Crippen molar-refractivity contribution in [2.45, 2.75) is 0 Å². The molecule has 4 aromatic rings. The fraction of sp³-hybridized carbons (Fsp3) is 0.0909. The number of amides is 1. The number of phenolic OH excluding ortho intramolecular Hbond substituents is 2. The van der Waals surface area contributed by atoms with Crippen molar-refractivity contribution in [3.05, 3.63) is 53.4 Å². The second kappa shape index (κ2) is 9.01. The number of thiazole rings is 1. The summed E-state index contributed by atoms with van der Waals surface area (Å²) in [6.07, 6.45) is 0. The molecule has 0 unspecified atom stereocenters. The van der Waals surface area contributed by atoms with Crippen molar-refractivity contribution in [2.24, 2.45) is 5.73 Å². The van der Waals surface area contributed by atoms with Gasteiger partial charge in [-0.25, -0.2) is 4.98 Å². The van der Waals surface area contributed by atoms with E-state index in [0.29, 0.717) is 33.3 Å². The number of hydrogen-bond acceptors (Lipinski definition) is 10. The van der Waals surface area contributed by atoms with Crippen molar-refractivity contribution in [1.82, 2.24) is 15.0 Å². The Morgan fingerprint density at radius 1 is 0.970 bits per heavy atom. The number of carbonyl (C=O) groups excluding carboxylic acids is 1. The number of primary amides is 1. The highest BCUT2D eigenvalue weighted by Crippen LogP contribution is 2.34. The molecule has 0 bridgehead atoms. The molecule has 0 aliphatic heterocycles. The average molecular weight is 465 g/mol. The van der Waals surface area contributed by atoms with Gasteiger partial charge in [0.2, 0.25) is 11.8 Å². The summed E-state index contributed by atoms with van der Waals surface area (Å²) in [6, 6.07) is 11.2. The molecular formula is C22H19N5O5S. The van der Waals surface area contributed by atoms with Crippen LogP contribution in [0.5, 0.6) is 23.4 Å². The van der Waals surface area contributed by atoms with Crippen molar-refractivity contribution >= 4 is 28.1 Å². The number of benzene rings is 2. The summed E-state index contributed by atoms with van der Waals surface area (Å²) >= 11 is 1.35. The Kier molecular flexibility index (Phi) is 5.96. The van der Waals surface area contributed by atoms with E-state index in [0.717, 1.165) is 0 Å². The number of aromatic nitrogens is 3. The summed E-state index contributed by atoms with van der Waals surface area (Å²) in [4.78, 5) is 24.9. The lowest BCUT2D eigenvalue weighted by molar-refractivity contribution is 0.100. The van der Waals surface area contributed by atoms with Gasteiger partial charge in [-0.2, -0.15) is 9.97 Å². The van der Waals surface area contributed by atoms with Crippen LogP contribution in [0.25, 0.3) is 22.5 Å². The van der Waals surface area contributed by atoms with Crippen LogP contribution in [-0.2, 0) is 0 Å². The maximum atomic E-state index is 12.0. The minimum atomic E-state index is -0.614. The number of methoxy groups -OCH3 is 2. The van der Waals surface area contributed by atoms with Crippen molar-refractivity contribution in [3.8, 4) is 45.9 Å². The number of nitrogens with two attached hydrogens (primary N) is 1. The Morgan fingerprint density at radius 3 is 2.48 bits per heavy atom. The first-order valence-corrected chi connectivity index (χ1v) is 10.4. The molecule has 0 atom stereocenters. The van der Waals surface area contributed by atoms with Crippen molar-refractivity contribution in [3.63, 3.8) is 0 Å². The normalized spacial score (nSPS) is 10.6. The molecule has 0 aliphatic carbocycles. The van der Waals surface area contributed by atoms with Crippen LogP contribution in [0.3, 0.4) is 0 Å². The minimum Gasteiger partial charge on any atom is -0.504 e. The maximum Gasteiger partial charge on any atom is 0.320 e. The van der Waals surface area contributed by atoms with Crippen LogP contribution < -0.4 is 20.5 Å². The van der Waals surface area contributed by atoms with Crippen LogP contribution in [-0.4, -0.2) is 45.3 Å². The molecule has 11 heteroatoms. The molecule has 5 N–H and O–H groups in total. The van der Waals surface area contributed by atoms with Crippen LogP contribution in [0.4, 0.5) is 10.8 Å². The third-order valence-corrected chi connectivity index (χ3v) is 5.42. The fourth-order valence-electron chi connectivity index (χ4n) is 3.06. The molecule has 0 saturated carbocycles. The Morgan fingerprint density at radius 2 is 1.79 bits per heavy atom. The third kappa shape index (κ3) is 4.62. The van der Waals surface area contributed by atoms with Crippen LogP contribution in [0.1, 0.15) is 10.4 Å². The largest absolute Gasteiger partial charge is 0.504 e. The quantitative estimate of drug-likeness (QED) is 0.300. The number of anilines is 2. The molecule has 10 nitrogen and oxygen atoms in total. The number of phenols is 2. The highest BCUT2D eigenvalue weighted by molar-refractivity contribution is 7.14. The van der Waals surface area contributed by atoms with Crippen molar-refractivity contribution < 1.29 is 24.5 Å². The number of hydrogen-bond donors (Lipinski definition) is 4. The van der Waals surface area contributed by atoms with Gasteiger partial charge in [0.15, 0.2) is 16.6 Å². The van der Waals surface area contributed by atoms with E-state index in [1.54, 1.807) is 30.3 Å². The number of carbonyl (C=O) groups is 1. The van der Waals surface area contributed by atoms with E-state index in [9.17, 15) is 15.0 Å². The zero-order chi connectivity index (χ0) is 23.5. The first kappa shape index (κ1) is 21.8. The van der Waals surface area contributed by atoms with E-state index in [4.69, 9.17) is 15.2 Å². The van der Waals surface area contributed by atoms with Gasteiger partial charge in [0.1, 0.15) is 0 Å². The second-order valence-electron chi connectivity index (χ2n) is 6.77. The van der Waals surface area contributed by atoms with Gasteiger partial charge in [-0.3, -0.25) is 4.79 Å². The average Bonchev–Trinajstić information content (AvgIpc) is 3.28. The predicted molar refractivity (Wildman–Crippen MR) is 123 cm³/mol. The molecule has 2 aromatic heterocycles. The molecule has 168 valence electrons. The molecule has 0 spiro atoms. The molecule has 0 fully saturated rings. The standard InChI is InChI=1S/C22H19N5O5S/c1-31-19-9-15(25-21(27-19)32-2)14-8-12(4-5-13(14)20(23)30)24-22-26-16(10-33-22)11-3-6-17(28)18(29)7-11/h3-10,28-29H,1-2H3,(H2,23,30)(H,24,26). The van der Waals surface area contributed by atoms with E-state index < -0.39 is 5.91 Å². The predicted octanol–water partition coefficient (Wildman–Crippen LogP) is 3.54. The minimum absolute atomic E-state index is 0.0832. The summed E-state index contributed by atoms with van der Waals surface area (Å²) in [5.74, 6) is -0.770. The van der Waals surface area contributed by atoms with E-state index in [1.807, 2.05) is 5.38 Å². The number of aromatic hydroxyl groups is 2. The molecule has 0 saturated heterocycles. The topological polar surface area (TPSA) is 153 Å². The molecule has 0 aliphatic rings. The zero-order valence-electron chi connectivity index (χ0n) is 17.6.